The van der Waals surface area contributed by atoms with Crippen LogP contribution in [0.25, 0.3) is 0 Å². The zero-order chi connectivity index (χ0) is 25.3. The van der Waals surface area contributed by atoms with Gasteiger partial charge in [0.05, 0.1) is 41.7 Å². The third-order valence-electron chi connectivity index (χ3n) is 6.45. The number of unbranched alkanes of at least 4 members (excludes halogenated alkanes) is 1. The van der Waals surface area contributed by atoms with Gasteiger partial charge in [0.2, 0.25) is 0 Å². The van der Waals surface area contributed by atoms with Gasteiger partial charge in [-0.3, -0.25) is 0 Å². The first kappa shape index (κ1) is 28.0. The summed E-state index contributed by atoms with van der Waals surface area (Å²) in [5.41, 5.74) is 9.23. The van der Waals surface area contributed by atoms with Crippen LogP contribution >= 0.6 is 23.2 Å². The summed E-state index contributed by atoms with van der Waals surface area (Å²) in [6, 6.07) is 12.1. The molecule has 1 aliphatic rings. The Labute approximate surface area is 219 Å². The lowest BCUT2D eigenvalue weighted by Gasteiger charge is -2.28. The number of aliphatic hydroxyl groups excluding tert-OH is 1. The van der Waals surface area contributed by atoms with Crippen molar-refractivity contribution in [1.29, 1.82) is 0 Å². The Kier molecular flexibility index (Phi) is 11.0. The molecule has 8 heteroatoms. The van der Waals surface area contributed by atoms with E-state index in [0.717, 1.165) is 65.2 Å². The van der Waals surface area contributed by atoms with Gasteiger partial charge in [-0.15, -0.1) is 0 Å². The maximum Gasteiger partial charge on any atom is 0.0915 e. The molecule has 0 bridgehead atoms. The minimum Gasteiger partial charge on any atom is -0.396 e. The molecule has 2 aromatic carbocycles. The molecule has 6 nitrogen and oxygen atoms in total. The Balaban J connectivity index is 1.27. The Bertz CT molecular complexity index is 895. The number of nitrogens with two attached hydrogens (primary N) is 1. The number of morpholine rings is 1. The van der Waals surface area contributed by atoms with E-state index in [4.69, 9.17) is 38.4 Å². The molecule has 0 radical (unpaired) electrons. The number of benzene rings is 2. The lowest BCUT2D eigenvalue weighted by Crippen LogP contribution is -2.41. The average Bonchev–Trinajstić information content (AvgIpc) is 2.86. The van der Waals surface area contributed by atoms with Crippen LogP contribution in [-0.4, -0.2) is 56.7 Å². The maximum atomic E-state index is 10.5. The van der Waals surface area contributed by atoms with Gasteiger partial charge < -0.3 is 30.5 Å². The average molecular weight is 525 g/mol. The molecule has 1 unspecified atom stereocenters. The molecule has 0 spiro atoms. The summed E-state index contributed by atoms with van der Waals surface area (Å²) in [6.07, 6.45) is 3.25. The second-order valence-electron chi connectivity index (χ2n) is 9.76. The number of rotatable bonds is 13. The quantitative estimate of drug-likeness (QED) is 0.246. The SMILES string of the molecule is CC(C)(CCCCOCCc1ccc(N2CCOCC2)cc1)NCC(O)c1cc(Cl)c(N)c(Cl)c1. The molecule has 0 saturated carbocycles. The molecule has 1 fully saturated rings. The second kappa shape index (κ2) is 13.7. The standard InChI is InChI=1S/C27H39Cl2N3O3/c1-27(2,31-19-25(33)21-17-23(28)26(30)24(29)18-21)10-3-4-13-34-14-9-20-5-7-22(8-6-20)32-11-15-35-16-12-32/h5-8,17-18,25,31,33H,3-4,9-16,19,30H2,1-2H3. The Morgan fingerprint density at radius 1 is 1.09 bits per heavy atom. The highest BCUT2D eigenvalue weighted by molar-refractivity contribution is 6.38. The van der Waals surface area contributed by atoms with E-state index < -0.39 is 6.10 Å². The highest BCUT2D eigenvalue weighted by Crippen LogP contribution is 2.31. The molecule has 0 amide bonds. The normalized spacial score (nSPS) is 15.4. The minimum absolute atomic E-state index is 0.107. The molecule has 2 aromatic rings. The summed E-state index contributed by atoms with van der Waals surface area (Å²) in [5.74, 6) is 0. The molecule has 194 valence electrons. The van der Waals surface area contributed by atoms with E-state index in [1.165, 1.54) is 11.3 Å². The van der Waals surface area contributed by atoms with Crippen molar-refractivity contribution in [2.75, 3.05) is 56.7 Å². The van der Waals surface area contributed by atoms with Crippen molar-refractivity contribution in [3.05, 3.63) is 57.6 Å². The van der Waals surface area contributed by atoms with Gasteiger partial charge in [0, 0.05) is 37.5 Å². The van der Waals surface area contributed by atoms with Gasteiger partial charge in [-0.05, 0) is 74.9 Å². The second-order valence-corrected chi connectivity index (χ2v) is 10.6. The third kappa shape index (κ3) is 9.12. The van der Waals surface area contributed by atoms with Gasteiger partial charge in [-0.2, -0.15) is 0 Å². The number of hydrogen-bond acceptors (Lipinski definition) is 6. The number of nitrogen functional groups attached to an aromatic ring is 1. The van der Waals surface area contributed by atoms with Crippen LogP contribution in [0, 0.1) is 0 Å². The van der Waals surface area contributed by atoms with Crippen LogP contribution < -0.4 is 16.0 Å². The van der Waals surface area contributed by atoms with E-state index >= 15 is 0 Å². The molecule has 4 N–H and O–H groups in total. The summed E-state index contributed by atoms with van der Waals surface area (Å²) in [7, 11) is 0. The van der Waals surface area contributed by atoms with Crippen molar-refractivity contribution in [3.8, 4) is 0 Å². The highest BCUT2D eigenvalue weighted by atomic mass is 35.5. The molecular formula is C27H39Cl2N3O3. The fraction of sp³-hybridized carbons (Fsp3) is 0.556. The molecule has 1 aliphatic heterocycles. The van der Waals surface area contributed by atoms with Crippen LogP contribution in [-0.2, 0) is 15.9 Å². The molecule has 3 rings (SSSR count). The topological polar surface area (TPSA) is 80.0 Å². The van der Waals surface area contributed by atoms with Gasteiger partial charge in [-0.25, -0.2) is 0 Å². The number of halogens is 2. The molecule has 1 heterocycles. The van der Waals surface area contributed by atoms with Crippen LogP contribution in [0.2, 0.25) is 10.0 Å². The number of nitrogens with zero attached hydrogens (tertiary/aromatic N) is 1. The summed E-state index contributed by atoms with van der Waals surface area (Å²) < 4.78 is 11.3. The summed E-state index contributed by atoms with van der Waals surface area (Å²) >= 11 is 12.2. The monoisotopic (exact) mass is 523 g/mol. The van der Waals surface area contributed by atoms with Crippen molar-refractivity contribution >= 4 is 34.6 Å². The summed E-state index contributed by atoms with van der Waals surface area (Å²) in [6.45, 7) is 9.71. The van der Waals surface area contributed by atoms with Gasteiger partial charge in [0.25, 0.3) is 0 Å². The van der Waals surface area contributed by atoms with E-state index in [1.54, 1.807) is 12.1 Å². The number of nitrogens with one attached hydrogen (secondary N) is 1. The fourth-order valence-electron chi connectivity index (χ4n) is 4.13. The molecular weight excluding hydrogens is 485 g/mol. The van der Waals surface area contributed by atoms with Gasteiger partial charge >= 0.3 is 0 Å². The van der Waals surface area contributed by atoms with Crippen molar-refractivity contribution in [2.24, 2.45) is 0 Å². The van der Waals surface area contributed by atoms with E-state index in [2.05, 4.69) is 48.3 Å². The predicted molar refractivity (Wildman–Crippen MR) is 146 cm³/mol. The largest absolute Gasteiger partial charge is 0.396 e. The molecule has 1 atom stereocenters. The van der Waals surface area contributed by atoms with Gasteiger partial charge in [0.15, 0.2) is 0 Å². The predicted octanol–water partition coefficient (Wildman–Crippen LogP) is 5.24. The Morgan fingerprint density at radius 3 is 2.40 bits per heavy atom. The van der Waals surface area contributed by atoms with E-state index in [0.29, 0.717) is 27.8 Å². The number of anilines is 2. The van der Waals surface area contributed by atoms with Crippen LogP contribution in [0.1, 0.15) is 50.3 Å². The highest BCUT2D eigenvalue weighted by Gasteiger charge is 2.20. The van der Waals surface area contributed by atoms with Crippen molar-refractivity contribution in [3.63, 3.8) is 0 Å². The Morgan fingerprint density at radius 2 is 1.74 bits per heavy atom. The lowest BCUT2D eigenvalue weighted by molar-refractivity contribution is 0.122. The molecule has 0 aliphatic carbocycles. The van der Waals surface area contributed by atoms with Gasteiger partial charge in [0.1, 0.15) is 0 Å². The number of hydrogen-bond donors (Lipinski definition) is 3. The van der Waals surface area contributed by atoms with E-state index in [9.17, 15) is 5.11 Å². The number of ether oxygens (including phenoxy) is 2. The lowest BCUT2D eigenvalue weighted by atomic mass is 9.96. The summed E-state index contributed by atoms with van der Waals surface area (Å²) in [5, 5.41) is 14.7. The maximum absolute atomic E-state index is 10.5. The number of aliphatic hydroxyl groups is 1. The van der Waals surface area contributed by atoms with Crippen molar-refractivity contribution in [2.45, 2.75) is 51.2 Å². The fourth-order valence-corrected chi connectivity index (χ4v) is 4.64. The Hall–Kier alpha value is -1.54. The van der Waals surface area contributed by atoms with Crippen LogP contribution in [0.4, 0.5) is 11.4 Å². The van der Waals surface area contributed by atoms with Crippen molar-refractivity contribution < 1.29 is 14.6 Å². The zero-order valence-electron chi connectivity index (χ0n) is 20.9. The summed E-state index contributed by atoms with van der Waals surface area (Å²) in [4.78, 5) is 2.37. The first-order valence-corrected chi connectivity index (χ1v) is 13.2. The van der Waals surface area contributed by atoms with Crippen LogP contribution in [0.3, 0.4) is 0 Å². The first-order chi connectivity index (χ1) is 16.7. The molecule has 35 heavy (non-hydrogen) atoms. The minimum atomic E-state index is -0.712. The zero-order valence-corrected chi connectivity index (χ0v) is 22.4. The smallest absolute Gasteiger partial charge is 0.0915 e. The van der Waals surface area contributed by atoms with Gasteiger partial charge in [-0.1, -0.05) is 35.3 Å². The van der Waals surface area contributed by atoms with E-state index in [1.807, 2.05) is 0 Å². The molecule has 0 aromatic heterocycles. The van der Waals surface area contributed by atoms with E-state index in [-0.39, 0.29) is 5.54 Å². The van der Waals surface area contributed by atoms with Crippen LogP contribution in [0.15, 0.2) is 36.4 Å². The third-order valence-corrected chi connectivity index (χ3v) is 7.07. The van der Waals surface area contributed by atoms with Crippen LogP contribution in [0.5, 0.6) is 0 Å². The molecule has 1 saturated heterocycles. The van der Waals surface area contributed by atoms with Crippen molar-refractivity contribution in [1.82, 2.24) is 5.32 Å². The first-order valence-electron chi connectivity index (χ1n) is 12.4. The number of β-amino-alcohol motifs (C(OH)–C–C–N with tert-alkyl or cyclic N) is 1.